The predicted molar refractivity (Wildman–Crippen MR) is 75.5 cm³/mol. The first-order valence-corrected chi connectivity index (χ1v) is 7.31. The minimum absolute atomic E-state index is 0.137. The lowest BCUT2D eigenvalue weighted by atomic mass is 10.0. The Kier molecular flexibility index (Phi) is 6.84. The van der Waals surface area contributed by atoms with E-state index in [2.05, 4.69) is 5.32 Å². The predicted octanol–water partition coefficient (Wildman–Crippen LogP) is 0.879. The minimum Gasteiger partial charge on any atom is -0.354 e. The molecule has 1 atom stereocenters. The third-order valence-corrected chi connectivity index (χ3v) is 3.41. The van der Waals surface area contributed by atoms with E-state index in [9.17, 15) is 9.59 Å². The van der Waals surface area contributed by atoms with Crippen molar-refractivity contribution >= 4 is 11.8 Å². The van der Waals surface area contributed by atoms with Crippen LogP contribution in [0.25, 0.3) is 0 Å². The van der Waals surface area contributed by atoms with Gasteiger partial charge in [0.25, 0.3) is 0 Å². The molecule has 1 saturated heterocycles. The number of amides is 2. The monoisotopic (exact) mass is 269 g/mol. The third kappa shape index (κ3) is 6.05. The van der Waals surface area contributed by atoms with E-state index in [1.54, 1.807) is 0 Å². The van der Waals surface area contributed by atoms with Crippen LogP contribution in [0.5, 0.6) is 0 Å². The molecule has 0 aromatic rings. The molecule has 0 radical (unpaired) electrons. The number of hydrogen-bond acceptors (Lipinski definition) is 3. The highest BCUT2D eigenvalue weighted by Gasteiger charge is 2.18. The van der Waals surface area contributed by atoms with Gasteiger partial charge < -0.3 is 16.0 Å². The molecule has 3 N–H and O–H groups in total. The van der Waals surface area contributed by atoms with Gasteiger partial charge in [0.1, 0.15) is 0 Å². The number of nitrogens with two attached hydrogens (primary N) is 1. The standard InChI is InChI=1S/C14H27N3O2/c1-11(2)10-12(15)14(19)16-7-6-13(18)17-8-4-3-5-9-17/h11-12H,3-10,15H2,1-2H3,(H,16,19). The fraction of sp³-hybridized carbons (Fsp3) is 0.857. The smallest absolute Gasteiger partial charge is 0.236 e. The molecule has 0 aliphatic carbocycles. The minimum atomic E-state index is -0.468. The van der Waals surface area contributed by atoms with Crippen molar-refractivity contribution in [2.45, 2.75) is 52.0 Å². The van der Waals surface area contributed by atoms with E-state index in [1.807, 2.05) is 18.7 Å². The summed E-state index contributed by atoms with van der Waals surface area (Å²) in [6.45, 7) is 6.18. The molecule has 1 heterocycles. The summed E-state index contributed by atoms with van der Waals surface area (Å²) in [7, 11) is 0. The number of likely N-dealkylation sites (tertiary alicyclic amines) is 1. The second kappa shape index (κ2) is 8.15. The molecule has 0 aromatic heterocycles. The highest BCUT2D eigenvalue weighted by Crippen LogP contribution is 2.09. The first kappa shape index (κ1) is 16.0. The van der Waals surface area contributed by atoms with Crippen LogP contribution in [0.15, 0.2) is 0 Å². The van der Waals surface area contributed by atoms with E-state index >= 15 is 0 Å². The molecular weight excluding hydrogens is 242 g/mol. The zero-order valence-electron chi connectivity index (χ0n) is 12.2. The van der Waals surface area contributed by atoms with Gasteiger partial charge in [-0.05, 0) is 31.6 Å². The number of carbonyl (C=O) groups excluding carboxylic acids is 2. The van der Waals surface area contributed by atoms with Gasteiger partial charge in [-0.15, -0.1) is 0 Å². The quantitative estimate of drug-likeness (QED) is 0.751. The van der Waals surface area contributed by atoms with Crippen LogP contribution >= 0.6 is 0 Å². The maximum atomic E-state index is 11.9. The maximum absolute atomic E-state index is 11.9. The van der Waals surface area contributed by atoms with Gasteiger partial charge in [0.15, 0.2) is 0 Å². The second-order valence-corrected chi connectivity index (χ2v) is 5.72. The van der Waals surface area contributed by atoms with Gasteiger partial charge in [0.2, 0.25) is 11.8 Å². The van der Waals surface area contributed by atoms with Crippen molar-refractivity contribution in [3.63, 3.8) is 0 Å². The van der Waals surface area contributed by atoms with E-state index in [0.717, 1.165) is 25.9 Å². The summed E-state index contributed by atoms with van der Waals surface area (Å²) in [6, 6.07) is -0.468. The van der Waals surface area contributed by atoms with Crippen LogP contribution in [-0.4, -0.2) is 42.4 Å². The largest absolute Gasteiger partial charge is 0.354 e. The molecule has 110 valence electrons. The van der Waals surface area contributed by atoms with Crippen LogP contribution in [0.3, 0.4) is 0 Å². The summed E-state index contributed by atoms with van der Waals surface area (Å²) in [5.74, 6) is 0.383. The zero-order chi connectivity index (χ0) is 14.3. The van der Waals surface area contributed by atoms with Crippen LogP contribution in [-0.2, 0) is 9.59 Å². The van der Waals surface area contributed by atoms with Gasteiger partial charge >= 0.3 is 0 Å². The normalized spacial score (nSPS) is 17.4. The van der Waals surface area contributed by atoms with E-state index in [1.165, 1.54) is 6.42 Å². The number of carbonyl (C=O) groups is 2. The van der Waals surface area contributed by atoms with Gasteiger partial charge in [-0.25, -0.2) is 0 Å². The van der Waals surface area contributed by atoms with Crippen molar-refractivity contribution in [3.8, 4) is 0 Å². The van der Waals surface area contributed by atoms with Crippen LogP contribution in [0.1, 0.15) is 46.0 Å². The molecule has 1 unspecified atom stereocenters. The summed E-state index contributed by atoms with van der Waals surface area (Å²) in [4.78, 5) is 25.4. The fourth-order valence-corrected chi connectivity index (χ4v) is 2.34. The van der Waals surface area contributed by atoms with Crippen molar-refractivity contribution in [2.24, 2.45) is 11.7 Å². The molecule has 1 aliphatic heterocycles. The first-order valence-electron chi connectivity index (χ1n) is 7.31. The topological polar surface area (TPSA) is 75.4 Å². The number of nitrogens with zero attached hydrogens (tertiary/aromatic N) is 1. The SMILES string of the molecule is CC(C)CC(N)C(=O)NCCC(=O)N1CCCCC1. The summed E-state index contributed by atoms with van der Waals surface area (Å²) in [5, 5.41) is 2.75. The average Bonchev–Trinajstić information content (AvgIpc) is 2.38. The van der Waals surface area contributed by atoms with Crippen LogP contribution in [0, 0.1) is 5.92 Å². The van der Waals surface area contributed by atoms with E-state index in [0.29, 0.717) is 25.3 Å². The Morgan fingerprint density at radius 3 is 2.42 bits per heavy atom. The number of nitrogens with one attached hydrogen (secondary N) is 1. The van der Waals surface area contributed by atoms with E-state index in [-0.39, 0.29) is 11.8 Å². The molecule has 0 bridgehead atoms. The Morgan fingerprint density at radius 2 is 1.84 bits per heavy atom. The van der Waals surface area contributed by atoms with Crippen molar-refractivity contribution < 1.29 is 9.59 Å². The summed E-state index contributed by atoms with van der Waals surface area (Å²) in [6.07, 6.45) is 4.45. The first-order chi connectivity index (χ1) is 9.00. The molecule has 1 rings (SSSR count). The summed E-state index contributed by atoms with van der Waals surface area (Å²) in [5.41, 5.74) is 5.77. The summed E-state index contributed by atoms with van der Waals surface area (Å²) < 4.78 is 0. The van der Waals surface area contributed by atoms with Crippen molar-refractivity contribution in [1.29, 1.82) is 0 Å². The molecule has 2 amide bonds. The third-order valence-electron chi connectivity index (χ3n) is 3.41. The number of hydrogen-bond donors (Lipinski definition) is 2. The molecule has 0 aromatic carbocycles. The molecule has 5 nitrogen and oxygen atoms in total. The lowest BCUT2D eigenvalue weighted by molar-refractivity contribution is -0.132. The Labute approximate surface area is 115 Å². The van der Waals surface area contributed by atoms with Gasteiger partial charge in [0, 0.05) is 26.1 Å². The second-order valence-electron chi connectivity index (χ2n) is 5.72. The molecule has 0 saturated carbocycles. The van der Waals surface area contributed by atoms with Crippen LogP contribution < -0.4 is 11.1 Å². The number of piperidine rings is 1. The van der Waals surface area contributed by atoms with Crippen LogP contribution in [0.4, 0.5) is 0 Å². The molecule has 0 spiro atoms. The fourth-order valence-electron chi connectivity index (χ4n) is 2.34. The molecular formula is C14H27N3O2. The van der Waals surface area contributed by atoms with Crippen molar-refractivity contribution in [3.05, 3.63) is 0 Å². The van der Waals surface area contributed by atoms with Gasteiger partial charge in [-0.1, -0.05) is 13.8 Å². The molecule has 5 heteroatoms. The van der Waals surface area contributed by atoms with E-state index in [4.69, 9.17) is 5.73 Å². The van der Waals surface area contributed by atoms with Gasteiger partial charge in [-0.3, -0.25) is 9.59 Å². The lowest BCUT2D eigenvalue weighted by Gasteiger charge is -2.26. The Balaban J connectivity index is 2.18. The molecule has 19 heavy (non-hydrogen) atoms. The highest BCUT2D eigenvalue weighted by atomic mass is 16.2. The van der Waals surface area contributed by atoms with Crippen LogP contribution in [0.2, 0.25) is 0 Å². The van der Waals surface area contributed by atoms with Crippen molar-refractivity contribution in [1.82, 2.24) is 10.2 Å². The van der Waals surface area contributed by atoms with E-state index < -0.39 is 6.04 Å². The van der Waals surface area contributed by atoms with Gasteiger partial charge in [0.05, 0.1) is 6.04 Å². The lowest BCUT2D eigenvalue weighted by Crippen LogP contribution is -2.43. The Morgan fingerprint density at radius 1 is 1.21 bits per heavy atom. The van der Waals surface area contributed by atoms with Crippen molar-refractivity contribution in [2.75, 3.05) is 19.6 Å². The summed E-state index contributed by atoms with van der Waals surface area (Å²) >= 11 is 0. The zero-order valence-corrected chi connectivity index (χ0v) is 12.2. The number of rotatable bonds is 6. The highest BCUT2D eigenvalue weighted by molar-refractivity contribution is 5.82. The molecule has 1 aliphatic rings. The average molecular weight is 269 g/mol. The maximum Gasteiger partial charge on any atom is 0.236 e. The van der Waals surface area contributed by atoms with Gasteiger partial charge in [-0.2, -0.15) is 0 Å². The molecule has 1 fully saturated rings. The Bertz CT molecular complexity index is 299. The Hall–Kier alpha value is -1.10.